The molecular formula is C14H11NO4. The molecule has 0 saturated carbocycles. The molecule has 2 aromatic rings. The molecule has 0 unspecified atom stereocenters. The molecule has 0 heterocycles. The summed E-state index contributed by atoms with van der Waals surface area (Å²) in [6.07, 6.45) is -1.17. The molecule has 1 amide bonds. The number of benzene rings is 2. The Labute approximate surface area is 109 Å². The SMILES string of the molecule is O=C(O)c1cccc(N(C(=O)O)c2ccccc2)c1. The zero-order chi connectivity index (χ0) is 13.8. The van der Waals surface area contributed by atoms with Crippen molar-refractivity contribution in [1.29, 1.82) is 0 Å². The van der Waals surface area contributed by atoms with Crippen molar-refractivity contribution in [2.24, 2.45) is 0 Å². The molecule has 0 aliphatic heterocycles. The fourth-order valence-corrected chi connectivity index (χ4v) is 1.73. The fraction of sp³-hybridized carbons (Fsp3) is 0. The molecule has 5 nitrogen and oxygen atoms in total. The van der Waals surface area contributed by atoms with Crippen LogP contribution >= 0.6 is 0 Å². The zero-order valence-corrected chi connectivity index (χ0v) is 9.85. The van der Waals surface area contributed by atoms with E-state index in [9.17, 15) is 14.7 Å². The van der Waals surface area contributed by atoms with Crippen LogP contribution < -0.4 is 4.90 Å². The largest absolute Gasteiger partial charge is 0.478 e. The van der Waals surface area contributed by atoms with Crippen molar-refractivity contribution >= 4 is 23.4 Å². The monoisotopic (exact) mass is 257 g/mol. The highest BCUT2D eigenvalue weighted by atomic mass is 16.4. The van der Waals surface area contributed by atoms with Crippen LogP contribution in [0, 0.1) is 0 Å². The van der Waals surface area contributed by atoms with E-state index in [2.05, 4.69) is 0 Å². The summed E-state index contributed by atoms with van der Waals surface area (Å²) in [6.45, 7) is 0. The number of hydrogen-bond acceptors (Lipinski definition) is 2. The van der Waals surface area contributed by atoms with Gasteiger partial charge in [0.25, 0.3) is 0 Å². The first-order chi connectivity index (χ1) is 9.09. The van der Waals surface area contributed by atoms with Crippen LogP contribution in [0.1, 0.15) is 10.4 Å². The van der Waals surface area contributed by atoms with Gasteiger partial charge in [-0.25, -0.2) is 14.5 Å². The maximum Gasteiger partial charge on any atom is 0.416 e. The Kier molecular flexibility index (Phi) is 3.47. The minimum atomic E-state index is -1.17. The lowest BCUT2D eigenvalue weighted by molar-refractivity contribution is 0.0696. The first-order valence-electron chi connectivity index (χ1n) is 5.51. The average molecular weight is 257 g/mol. The summed E-state index contributed by atoms with van der Waals surface area (Å²) >= 11 is 0. The van der Waals surface area contributed by atoms with Crippen molar-refractivity contribution in [3.8, 4) is 0 Å². The van der Waals surface area contributed by atoms with Crippen molar-refractivity contribution in [3.63, 3.8) is 0 Å². The van der Waals surface area contributed by atoms with E-state index in [0.29, 0.717) is 11.4 Å². The number of aromatic carboxylic acids is 1. The Balaban J connectivity index is 2.49. The summed E-state index contributed by atoms with van der Waals surface area (Å²) in [5.41, 5.74) is 0.788. The van der Waals surface area contributed by atoms with Gasteiger partial charge in [0.1, 0.15) is 0 Å². The molecule has 0 fully saturated rings. The Morgan fingerprint density at radius 2 is 1.47 bits per heavy atom. The summed E-state index contributed by atoms with van der Waals surface area (Å²) < 4.78 is 0. The van der Waals surface area contributed by atoms with Gasteiger partial charge in [0, 0.05) is 0 Å². The molecule has 0 spiro atoms. The maximum atomic E-state index is 11.4. The van der Waals surface area contributed by atoms with Crippen LogP contribution in [-0.2, 0) is 0 Å². The predicted molar refractivity (Wildman–Crippen MR) is 70.0 cm³/mol. The van der Waals surface area contributed by atoms with Gasteiger partial charge in [0.2, 0.25) is 0 Å². The predicted octanol–water partition coefficient (Wildman–Crippen LogP) is 3.20. The van der Waals surface area contributed by atoms with Gasteiger partial charge in [-0.05, 0) is 30.3 Å². The van der Waals surface area contributed by atoms with E-state index in [1.54, 1.807) is 36.4 Å². The molecule has 0 radical (unpaired) electrons. The summed E-state index contributed by atoms with van der Waals surface area (Å²) in [4.78, 5) is 23.3. The molecule has 0 bridgehead atoms. The number of para-hydroxylation sites is 1. The molecule has 5 heteroatoms. The van der Waals surface area contributed by atoms with E-state index in [1.807, 2.05) is 0 Å². The third-order valence-electron chi connectivity index (χ3n) is 2.56. The lowest BCUT2D eigenvalue weighted by Gasteiger charge is -2.19. The summed E-state index contributed by atoms with van der Waals surface area (Å²) in [5.74, 6) is -1.10. The van der Waals surface area contributed by atoms with Gasteiger partial charge in [0.15, 0.2) is 0 Å². The maximum absolute atomic E-state index is 11.4. The van der Waals surface area contributed by atoms with Crippen molar-refractivity contribution in [1.82, 2.24) is 0 Å². The Hall–Kier alpha value is -2.82. The lowest BCUT2D eigenvalue weighted by atomic mass is 10.2. The number of carboxylic acid groups (broad SMARTS) is 2. The second kappa shape index (κ2) is 5.22. The van der Waals surface area contributed by atoms with E-state index in [-0.39, 0.29) is 5.56 Å². The summed E-state index contributed by atoms with van der Waals surface area (Å²) in [7, 11) is 0. The highest BCUT2D eigenvalue weighted by Gasteiger charge is 2.17. The zero-order valence-electron chi connectivity index (χ0n) is 9.85. The molecule has 2 rings (SSSR count). The highest BCUT2D eigenvalue weighted by Crippen LogP contribution is 2.26. The molecule has 19 heavy (non-hydrogen) atoms. The van der Waals surface area contributed by atoms with Gasteiger partial charge >= 0.3 is 12.1 Å². The molecular weight excluding hydrogens is 246 g/mol. The molecule has 0 aliphatic carbocycles. The average Bonchev–Trinajstić information content (AvgIpc) is 2.40. The number of nitrogens with zero attached hydrogens (tertiary/aromatic N) is 1. The molecule has 0 aromatic heterocycles. The van der Waals surface area contributed by atoms with Crippen molar-refractivity contribution in [3.05, 3.63) is 60.2 Å². The van der Waals surface area contributed by atoms with E-state index < -0.39 is 12.1 Å². The third kappa shape index (κ3) is 2.71. The van der Waals surface area contributed by atoms with Gasteiger partial charge in [-0.3, -0.25) is 0 Å². The van der Waals surface area contributed by atoms with Crippen LogP contribution in [0.5, 0.6) is 0 Å². The topological polar surface area (TPSA) is 77.8 Å². The van der Waals surface area contributed by atoms with Gasteiger partial charge < -0.3 is 10.2 Å². The number of anilines is 2. The smallest absolute Gasteiger partial charge is 0.416 e. The summed E-state index contributed by atoms with van der Waals surface area (Å²) in [6, 6.07) is 14.3. The number of carbonyl (C=O) groups is 2. The second-order valence-corrected chi connectivity index (χ2v) is 3.81. The van der Waals surface area contributed by atoms with E-state index in [4.69, 9.17) is 5.11 Å². The lowest BCUT2D eigenvalue weighted by Crippen LogP contribution is -2.23. The van der Waals surface area contributed by atoms with Crippen LogP contribution in [0.15, 0.2) is 54.6 Å². The summed E-state index contributed by atoms with van der Waals surface area (Å²) in [5, 5.41) is 18.2. The standard InChI is InChI=1S/C14H11NO4/c16-13(17)10-5-4-8-12(9-10)15(14(18)19)11-6-2-1-3-7-11/h1-9H,(H,16,17)(H,18,19). The van der Waals surface area contributed by atoms with Gasteiger partial charge in [-0.15, -0.1) is 0 Å². The molecule has 2 aromatic carbocycles. The van der Waals surface area contributed by atoms with Crippen LogP contribution in [-0.4, -0.2) is 22.3 Å². The van der Waals surface area contributed by atoms with E-state index in [1.165, 1.54) is 18.2 Å². The molecule has 0 saturated heterocycles. The van der Waals surface area contributed by atoms with Crippen molar-refractivity contribution in [2.45, 2.75) is 0 Å². The number of rotatable bonds is 3. The first-order valence-corrected chi connectivity index (χ1v) is 5.51. The minimum Gasteiger partial charge on any atom is -0.478 e. The van der Waals surface area contributed by atoms with E-state index >= 15 is 0 Å². The van der Waals surface area contributed by atoms with Crippen molar-refractivity contribution in [2.75, 3.05) is 4.90 Å². The normalized spacial score (nSPS) is 9.89. The number of hydrogen-bond donors (Lipinski definition) is 2. The number of carboxylic acids is 1. The second-order valence-electron chi connectivity index (χ2n) is 3.81. The minimum absolute atomic E-state index is 0.0414. The third-order valence-corrected chi connectivity index (χ3v) is 2.56. The Bertz CT molecular complexity index is 610. The number of amides is 1. The van der Waals surface area contributed by atoms with Gasteiger partial charge in [-0.2, -0.15) is 0 Å². The van der Waals surface area contributed by atoms with Gasteiger partial charge in [-0.1, -0.05) is 24.3 Å². The van der Waals surface area contributed by atoms with Crippen LogP contribution in [0.4, 0.5) is 16.2 Å². The van der Waals surface area contributed by atoms with E-state index in [0.717, 1.165) is 4.90 Å². The highest BCUT2D eigenvalue weighted by molar-refractivity contribution is 5.97. The first kappa shape index (κ1) is 12.6. The molecule has 2 N–H and O–H groups in total. The van der Waals surface area contributed by atoms with Gasteiger partial charge in [0.05, 0.1) is 16.9 Å². The molecule has 0 atom stereocenters. The Morgan fingerprint density at radius 3 is 2.05 bits per heavy atom. The van der Waals surface area contributed by atoms with Crippen LogP contribution in [0.2, 0.25) is 0 Å². The van der Waals surface area contributed by atoms with Crippen LogP contribution in [0.3, 0.4) is 0 Å². The molecule has 96 valence electrons. The van der Waals surface area contributed by atoms with Crippen LogP contribution in [0.25, 0.3) is 0 Å². The fourth-order valence-electron chi connectivity index (χ4n) is 1.73. The molecule has 0 aliphatic rings. The quantitative estimate of drug-likeness (QED) is 0.885. The van der Waals surface area contributed by atoms with Crippen molar-refractivity contribution < 1.29 is 19.8 Å². The Morgan fingerprint density at radius 1 is 0.842 bits per heavy atom.